The number of benzene rings is 1. The lowest BCUT2D eigenvalue weighted by Gasteiger charge is -2.18. The van der Waals surface area contributed by atoms with Crippen molar-refractivity contribution < 1.29 is 22.7 Å². The third kappa shape index (κ3) is 6.34. The van der Waals surface area contributed by atoms with E-state index in [-0.39, 0.29) is 11.7 Å². The molecule has 0 spiro atoms. The van der Waals surface area contributed by atoms with Crippen LogP contribution in [0.5, 0.6) is 5.75 Å². The Morgan fingerprint density at radius 2 is 1.91 bits per heavy atom. The summed E-state index contributed by atoms with van der Waals surface area (Å²) in [6.07, 6.45) is -3.75. The van der Waals surface area contributed by atoms with Gasteiger partial charge in [-0.15, -0.1) is 0 Å². The van der Waals surface area contributed by atoms with E-state index in [1.165, 1.54) is 17.0 Å². The molecule has 7 heteroatoms. The first kappa shape index (κ1) is 18.3. The predicted octanol–water partition coefficient (Wildman–Crippen LogP) is 2.49. The molecule has 4 nitrogen and oxygen atoms in total. The Kier molecular flexibility index (Phi) is 6.67. The van der Waals surface area contributed by atoms with Crippen LogP contribution in [0.1, 0.15) is 12.0 Å². The standard InChI is InChI=1S/C15H21F3N2O2/c1-19(2)14(21)11-20(3)8-5-9-22-13-7-4-6-12(10-13)15(16,17)18/h4,6-7,10H,5,8-9,11H2,1-3H3. The lowest BCUT2D eigenvalue weighted by atomic mass is 10.2. The molecular formula is C15H21F3N2O2. The van der Waals surface area contributed by atoms with E-state index in [4.69, 9.17) is 4.74 Å². The Labute approximate surface area is 128 Å². The van der Waals surface area contributed by atoms with Gasteiger partial charge in [-0.1, -0.05) is 6.07 Å². The number of hydrogen-bond donors (Lipinski definition) is 0. The lowest BCUT2D eigenvalue weighted by molar-refractivity contribution is -0.137. The molecule has 1 aromatic carbocycles. The summed E-state index contributed by atoms with van der Waals surface area (Å²) in [6.45, 7) is 1.22. The van der Waals surface area contributed by atoms with Gasteiger partial charge in [-0.05, 0) is 31.7 Å². The fraction of sp³-hybridized carbons (Fsp3) is 0.533. The third-order valence-electron chi connectivity index (χ3n) is 3.02. The third-order valence-corrected chi connectivity index (χ3v) is 3.02. The molecule has 0 aliphatic rings. The maximum absolute atomic E-state index is 12.6. The van der Waals surface area contributed by atoms with E-state index in [0.29, 0.717) is 26.1 Å². The van der Waals surface area contributed by atoms with E-state index in [1.807, 2.05) is 11.9 Å². The van der Waals surface area contributed by atoms with Crippen molar-refractivity contribution >= 4 is 5.91 Å². The summed E-state index contributed by atoms with van der Waals surface area (Å²) < 4.78 is 43.0. The second-order valence-corrected chi connectivity index (χ2v) is 5.25. The smallest absolute Gasteiger partial charge is 0.416 e. The number of amides is 1. The largest absolute Gasteiger partial charge is 0.494 e. The zero-order valence-corrected chi connectivity index (χ0v) is 13.0. The van der Waals surface area contributed by atoms with Gasteiger partial charge in [0.25, 0.3) is 0 Å². The van der Waals surface area contributed by atoms with Gasteiger partial charge in [0.05, 0.1) is 18.7 Å². The van der Waals surface area contributed by atoms with E-state index in [9.17, 15) is 18.0 Å². The first-order valence-electron chi connectivity index (χ1n) is 6.89. The van der Waals surface area contributed by atoms with Gasteiger partial charge in [-0.2, -0.15) is 13.2 Å². The van der Waals surface area contributed by atoms with Crippen LogP contribution in [0.25, 0.3) is 0 Å². The number of ether oxygens (including phenoxy) is 1. The summed E-state index contributed by atoms with van der Waals surface area (Å²) in [5.41, 5.74) is -0.723. The first-order valence-corrected chi connectivity index (χ1v) is 6.89. The average Bonchev–Trinajstić information content (AvgIpc) is 2.43. The molecule has 0 N–H and O–H groups in total. The normalized spacial score (nSPS) is 11.6. The van der Waals surface area contributed by atoms with E-state index in [2.05, 4.69) is 0 Å². The molecule has 0 unspecified atom stereocenters. The van der Waals surface area contributed by atoms with E-state index >= 15 is 0 Å². The second-order valence-electron chi connectivity index (χ2n) is 5.25. The van der Waals surface area contributed by atoms with Crippen LogP contribution in [0, 0.1) is 0 Å². The molecule has 124 valence electrons. The monoisotopic (exact) mass is 318 g/mol. The first-order chi connectivity index (χ1) is 10.2. The van der Waals surface area contributed by atoms with Crippen LogP contribution < -0.4 is 4.74 Å². The summed E-state index contributed by atoms with van der Waals surface area (Å²) in [6, 6.07) is 4.81. The van der Waals surface area contributed by atoms with E-state index < -0.39 is 11.7 Å². The van der Waals surface area contributed by atoms with Gasteiger partial charge in [0.1, 0.15) is 5.75 Å². The number of carbonyl (C=O) groups excluding carboxylic acids is 1. The number of rotatable bonds is 7. The van der Waals surface area contributed by atoms with Crippen LogP contribution in [-0.4, -0.2) is 56.5 Å². The molecule has 0 atom stereocenters. The van der Waals surface area contributed by atoms with Crippen LogP contribution in [0.3, 0.4) is 0 Å². The maximum Gasteiger partial charge on any atom is 0.416 e. The molecule has 0 aliphatic heterocycles. The van der Waals surface area contributed by atoms with Crippen LogP contribution in [-0.2, 0) is 11.0 Å². The van der Waals surface area contributed by atoms with Gasteiger partial charge in [0.15, 0.2) is 0 Å². The van der Waals surface area contributed by atoms with Crippen LogP contribution in [0.2, 0.25) is 0 Å². The molecule has 22 heavy (non-hydrogen) atoms. The molecular weight excluding hydrogens is 297 g/mol. The Bertz CT molecular complexity index is 490. The minimum Gasteiger partial charge on any atom is -0.494 e. The minimum absolute atomic E-state index is 0.00120. The van der Waals surface area contributed by atoms with Crippen LogP contribution in [0.15, 0.2) is 24.3 Å². The quantitative estimate of drug-likeness (QED) is 0.724. The van der Waals surface area contributed by atoms with E-state index in [0.717, 1.165) is 12.1 Å². The summed E-state index contributed by atoms with van der Waals surface area (Å²) in [5, 5.41) is 0. The highest BCUT2D eigenvalue weighted by molar-refractivity contribution is 5.77. The lowest BCUT2D eigenvalue weighted by Crippen LogP contribution is -2.35. The Balaban J connectivity index is 2.35. The highest BCUT2D eigenvalue weighted by atomic mass is 19.4. The van der Waals surface area contributed by atoms with Crippen molar-refractivity contribution in [1.82, 2.24) is 9.80 Å². The fourth-order valence-electron chi connectivity index (χ4n) is 1.74. The number of hydrogen-bond acceptors (Lipinski definition) is 3. The maximum atomic E-state index is 12.6. The second kappa shape index (κ2) is 8.03. The average molecular weight is 318 g/mol. The topological polar surface area (TPSA) is 32.8 Å². The van der Waals surface area contributed by atoms with Crippen molar-refractivity contribution in [2.24, 2.45) is 0 Å². The van der Waals surface area contributed by atoms with Crippen molar-refractivity contribution in [2.75, 3.05) is 40.8 Å². The van der Waals surface area contributed by atoms with Gasteiger partial charge in [0.2, 0.25) is 5.91 Å². The van der Waals surface area contributed by atoms with Gasteiger partial charge in [-0.25, -0.2) is 0 Å². The summed E-state index contributed by atoms with van der Waals surface area (Å²) in [7, 11) is 5.19. The minimum atomic E-state index is -4.37. The highest BCUT2D eigenvalue weighted by Crippen LogP contribution is 2.31. The number of nitrogens with zero attached hydrogens (tertiary/aromatic N) is 2. The molecule has 0 saturated heterocycles. The summed E-state index contributed by atoms with van der Waals surface area (Å²) in [4.78, 5) is 14.8. The van der Waals surface area contributed by atoms with Crippen molar-refractivity contribution in [1.29, 1.82) is 0 Å². The van der Waals surface area contributed by atoms with Crippen molar-refractivity contribution in [3.05, 3.63) is 29.8 Å². The Morgan fingerprint density at radius 1 is 1.23 bits per heavy atom. The molecule has 0 fully saturated rings. The molecule has 0 saturated carbocycles. The van der Waals surface area contributed by atoms with Crippen LogP contribution >= 0.6 is 0 Å². The van der Waals surface area contributed by atoms with Gasteiger partial charge < -0.3 is 9.64 Å². The van der Waals surface area contributed by atoms with Gasteiger partial charge in [0, 0.05) is 20.6 Å². The van der Waals surface area contributed by atoms with Crippen molar-refractivity contribution in [3.8, 4) is 5.75 Å². The zero-order chi connectivity index (χ0) is 16.8. The number of alkyl halides is 3. The molecule has 0 aliphatic carbocycles. The van der Waals surface area contributed by atoms with Crippen LogP contribution in [0.4, 0.5) is 13.2 Å². The summed E-state index contributed by atoms with van der Waals surface area (Å²) in [5.74, 6) is 0.197. The molecule has 1 aromatic rings. The van der Waals surface area contributed by atoms with E-state index in [1.54, 1.807) is 14.1 Å². The zero-order valence-electron chi connectivity index (χ0n) is 13.0. The highest BCUT2D eigenvalue weighted by Gasteiger charge is 2.30. The number of halogens is 3. The SMILES string of the molecule is CN(CCCOc1cccc(C(F)(F)F)c1)CC(=O)N(C)C. The number of likely N-dealkylation sites (N-methyl/N-ethyl adjacent to an activating group) is 2. The molecule has 1 rings (SSSR count). The number of carbonyl (C=O) groups is 1. The fourth-order valence-corrected chi connectivity index (χ4v) is 1.74. The molecule has 1 amide bonds. The predicted molar refractivity (Wildman–Crippen MR) is 77.7 cm³/mol. The molecule has 0 bridgehead atoms. The Morgan fingerprint density at radius 3 is 2.50 bits per heavy atom. The molecule has 0 heterocycles. The summed E-state index contributed by atoms with van der Waals surface area (Å²) >= 11 is 0. The Hall–Kier alpha value is -1.76. The van der Waals surface area contributed by atoms with Gasteiger partial charge in [-0.3, -0.25) is 9.69 Å². The van der Waals surface area contributed by atoms with Gasteiger partial charge >= 0.3 is 6.18 Å². The van der Waals surface area contributed by atoms with Crippen molar-refractivity contribution in [3.63, 3.8) is 0 Å². The molecule has 0 radical (unpaired) electrons. The van der Waals surface area contributed by atoms with Crippen molar-refractivity contribution in [2.45, 2.75) is 12.6 Å². The molecule has 0 aromatic heterocycles.